The topological polar surface area (TPSA) is 91.4 Å². The average molecular weight is 435 g/mol. The van der Waals surface area contributed by atoms with Gasteiger partial charge in [-0.1, -0.05) is 17.7 Å². The van der Waals surface area contributed by atoms with Crippen molar-refractivity contribution in [3.63, 3.8) is 0 Å². The Labute approximate surface area is 175 Å². The highest BCUT2D eigenvalue weighted by atomic mass is 35.5. The van der Waals surface area contributed by atoms with Gasteiger partial charge in [0.15, 0.2) is 5.75 Å². The van der Waals surface area contributed by atoms with E-state index in [4.69, 9.17) is 21.5 Å². The number of ether oxygens (including phenoxy) is 1. The number of hydroxylamine groups is 1. The van der Waals surface area contributed by atoms with E-state index in [2.05, 4.69) is 4.98 Å². The van der Waals surface area contributed by atoms with Crippen molar-refractivity contribution in [2.75, 3.05) is 0 Å². The van der Waals surface area contributed by atoms with E-state index in [1.807, 2.05) is 0 Å². The lowest BCUT2D eigenvalue weighted by Gasteiger charge is -2.18. The molecule has 0 aliphatic carbocycles. The molecule has 2 aromatic carbocycles. The molecule has 3 N–H and O–H groups in total. The van der Waals surface area contributed by atoms with Crippen LogP contribution < -0.4 is 15.8 Å². The largest absolute Gasteiger partial charge is 0.486 e. The average Bonchev–Trinajstić information content (AvgIpc) is 2.71. The van der Waals surface area contributed by atoms with Crippen molar-refractivity contribution in [3.05, 3.63) is 85.8 Å². The number of carbonyl (C=O) groups excluding carboxylic acids is 1. The third kappa shape index (κ3) is 4.19. The summed E-state index contributed by atoms with van der Waals surface area (Å²) in [5.41, 5.74) is 3.24. The molecule has 0 saturated carbocycles. The van der Waals surface area contributed by atoms with Gasteiger partial charge in [-0.3, -0.25) is 14.8 Å². The molecule has 30 heavy (non-hydrogen) atoms. The van der Waals surface area contributed by atoms with Gasteiger partial charge in [-0.25, -0.2) is 14.3 Å². The molecule has 0 aliphatic rings. The lowest BCUT2D eigenvalue weighted by molar-refractivity contribution is 0.0706. The van der Waals surface area contributed by atoms with Crippen LogP contribution in [-0.4, -0.2) is 16.1 Å². The zero-order valence-electron chi connectivity index (χ0n) is 16.0. The van der Waals surface area contributed by atoms with E-state index in [-0.39, 0.29) is 28.5 Å². The molecule has 9 heteroatoms. The van der Waals surface area contributed by atoms with Gasteiger partial charge in [-0.05, 0) is 49.2 Å². The third-order valence-corrected chi connectivity index (χ3v) is 4.90. The van der Waals surface area contributed by atoms with Gasteiger partial charge in [0, 0.05) is 28.5 Å². The molecule has 3 rings (SSSR count). The van der Waals surface area contributed by atoms with Crippen LogP contribution >= 0.6 is 11.6 Å². The zero-order valence-corrected chi connectivity index (χ0v) is 16.7. The molecule has 0 radical (unpaired) electrons. The van der Waals surface area contributed by atoms with E-state index in [1.165, 1.54) is 18.2 Å². The second-order valence-electron chi connectivity index (χ2n) is 6.59. The van der Waals surface area contributed by atoms with Crippen LogP contribution in [0.15, 0.2) is 41.2 Å². The fourth-order valence-electron chi connectivity index (χ4n) is 3.02. The fourth-order valence-corrected chi connectivity index (χ4v) is 3.21. The van der Waals surface area contributed by atoms with Gasteiger partial charge in [0.2, 0.25) is 0 Å². The molecule has 1 heterocycles. The van der Waals surface area contributed by atoms with Crippen LogP contribution in [0.25, 0.3) is 11.1 Å². The van der Waals surface area contributed by atoms with Gasteiger partial charge in [0.05, 0.1) is 0 Å². The number of aromatic amines is 1. The first-order valence-electron chi connectivity index (χ1n) is 8.77. The first-order chi connectivity index (χ1) is 14.2. The Morgan fingerprint density at radius 2 is 1.93 bits per heavy atom. The monoisotopic (exact) mass is 434 g/mol. The number of halogens is 3. The summed E-state index contributed by atoms with van der Waals surface area (Å²) in [6.45, 7) is 3.09. The highest BCUT2D eigenvalue weighted by Gasteiger charge is 2.21. The van der Waals surface area contributed by atoms with Crippen molar-refractivity contribution in [2.45, 2.75) is 20.5 Å². The van der Waals surface area contributed by atoms with Crippen molar-refractivity contribution in [2.24, 2.45) is 0 Å². The zero-order chi connectivity index (χ0) is 22.0. The minimum absolute atomic E-state index is 0.00806. The van der Waals surface area contributed by atoms with Crippen molar-refractivity contribution >= 4 is 17.5 Å². The maximum atomic E-state index is 14.0. The minimum Gasteiger partial charge on any atom is -0.486 e. The number of nitrogens with one attached hydrogen (secondary N) is 2. The third-order valence-electron chi connectivity index (χ3n) is 4.56. The summed E-state index contributed by atoms with van der Waals surface area (Å²) >= 11 is 6.19. The lowest BCUT2D eigenvalue weighted by atomic mass is 9.96. The van der Waals surface area contributed by atoms with E-state index in [9.17, 15) is 18.4 Å². The molecule has 6 nitrogen and oxygen atoms in total. The van der Waals surface area contributed by atoms with Crippen LogP contribution in [0.4, 0.5) is 8.78 Å². The number of amides is 1. The molecule has 1 aromatic heterocycles. The van der Waals surface area contributed by atoms with Crippen LogP contribution in [-0.2, 0) is 6.61 Å². The predicted octanol–water partition coefficient (Wildman–Crippen LogP) is 4.29. The first-order valence-corrected chi connectivity index (χ1v) is 9.15. The molecule has 0 unspecified atom stereocenters. The summed E-state index contributed by atoms with van der Waals surface area (Å²) in [4.78, 5) is 26.6. The van der Waals surface area contributed by atoms with Gasteiger partial charge >= 0.3 is 0 Å². The molecule has 0 spiro atoms. The Morgan fingerprint density at radius 3 is 2.60 bits per heavy atom. The highest BCUT2D eigenvalue weighted by molar-refractivity contribution is 6.32. The Morgan fingerprint density at radius 1 is 1.20 bits per heavy atom. The van der Waals surface area contributed by atoms with Gasteiger partial charge in [0.1, 0.15) is 23.3 Å². The van der Waals surface area contributed by atoms with Crippen molar-refractivity contribution in [1.82, 2.24) is 10.5 Å². The SMILES string of the molecule is Cc1ccc(C(=O)NO)cc1-c1c(C)[nH]c(=O)c(Cl)c1OCc1ccc(F)cc1F. The normalized spacial score (nSPS) is 10.7. The van der Waals surface area contributed by atoms with Crippen LogP contribution in [0.5, 0.6) is 5.75 Å². The molecule has 0 fully saturated rings. The van der Waals surface area contributed by atoms with Crippen LogP contribution in [0.2, 0.25) is 5.02 Å². The quantitative estimate of drug-likeness (QED) is 0.412. The van der Waals surface area contributed by atoms with Gasteiger partial charge in [-0.15, -0.1) is 0 Å². The molecular weight excluding hydrogens is 418 g/mol. The fraction of sp³-hybridized carbons (Fsp3) is 0.143. The molecule has 1 amide bonds. The second-order valence-corrected chi connectivity index (χ2v) is 6.97. The maximum absolute atomic E-state index is 14.0. The van der Waals surface area contributed by atoms with Crippen molar-refractivity contribution in [3.8, 4) is 16.9 Å². The smallest absolute Gasteiger partial charge is 0.274 e. The second kappa shape index (κ2) is 8.64. The Kier molecular flexibility index (Phi) is 6.19. The van der Waals surface area contributed by atoms with Gasteiger partial charge < -0.3 is 9.72 Å². The number of benzene rings is 2. The predicted molar refractivity (Wildman–Crippen MR) is 107 cm³/mol. The standard InChI is InChI=1S/C21H17ClF2N2O4/c1-10-3-4-12(20(27)26-29)7-15(10)17-11(2)25-21(28)18(22)19(17)30-9-13-5-6-14(23)8-16(13)24/h3-8,29H,9H2,1-2H3,(H,25,28)(H,26,27). The summed E-state index contributed by atoms with van der Waals surface area (Å²) in [6, 6.07) is 7.72. The number of hydrogen-bond acceptors (Lipinski definition) is 4. The number of rotatable bonds is 5. The first kappa shape index (κ1) is 21.5. The Hall–Kier alpha value is -3.23. The van der Waals surface area contributed by atoms with E-state index < -0.39 is 23.1 Å². The van der Waals surface area contributed by atoms with Crippen molar-refractivity contribution < 1.29 is 23.5 Å². The molecule has 0 bridgehead atoms. The van der Waals surface area contributed by atoms with Crippen molar-refractivity contribution in [1.29, 1.82) is 0 Å². The Balaban J connectivity index is 2.13. The molecule has 0 aliphatic heterocycles. The summed E-state index contributed by atoms with van der Waals surface area (Å²) < 4.78 is 32.8. The van der Waals surface area contributed by atoms with Crippen LogP contribution in [0.3, 0.4) is 0 Å². The maximum Gasteiger partial charge on any atom is 0.274 e. The van der Waals surface area contributed by atoms with Gasteiger partial charge in [-0.2, -0.15) is 0 Å². The van der Waals surface area contributed by atoms with Crippen LogP contribution in [0.1, 0.15) is 27.2 Å². The van der Waals surface area contributed by atoms with E-state index in [0.717, 1.165) is 17.7 Å². The van der Waals surface area contributed by atoms with E-state index in [1.54, 1.807) is 25.4 Å². The minimum atomic E-state index is -0.799. The summed E-state index contributed by atoms with van der Waals surface area (Å²) in [5, 5.41) is 8.65. The number of aryl methyl sites for hydroxylation is 2. The molecule has 0 atom stereocenters. The molecule has 0 saturated heterocycles. The summed E-state index contributed by atoms with van der Waals surface area (Å²) in [6.07, 6.45) is 0. The van der Waals surface area contributed by atoms with Crippen LogP contribution in [0, 0.1) is 25.5 Å². The number of H-pyrrole nitrogens is 1. The number of aromatic nitrogens is 1. The summed E-state index contributed by atoms with van der Waals surface area (Å²) in [7, 11) is 0. The molecule has 3 aromatic rings. The Bertz CT molecular complexity index is 1190. The van der Waals surface area contributed by atoms with E-state index >= 15 is 0 Å². The number of carbonyl (C=O) groups is 1. The molecular formula is C21H17ClF2N2O4. The van der Waals surface area contributed by atoms with Gasteiger partial charge in [0.25, 0.3) is 11.5 Å². The number of pyridine rings is 1. The highest BCUT2D eigenvalue weighted by Crippen LogP contribution is 2.38. The lowest BCUT2D eigenvalue weighted by Crippen LogP contribution is -2.18. The summed E-state index contributed by atoms with van der Waals surface area (Å²) in [5.74, 6) is -2.25. The number of hydrogen-bond donors (Lipinski definition) is 3. The van der Waals surface area contributed by atoms with E-state index in [0.29, 0.717) is 16.8 Å². The molecule has 156 valence electrons.